The first-order valence-electron chi connectivity index (χ1n) is 11.1. The van der Waals surface area contributed by atoms with E-state index in [0.29, 0.717) is 11.4 Å². The summed E-state index contributed by atoms with van der Waals surface area (Å²) < 4.78 is 27.0. The molecule has 2 aromatic heterocycles. The smallest absolute Gasteiger partial charge is 0.303 e. The van der Waals surface area contributed by atoms with E-state index in [1.54, 1.807) is 36.7 Å². The third-order valence-corrected chi connectivity index (χ3v) is 4.93. The first-order chi connectivity index (χ1) is 17.0. The molecule has 12 heteroatoms. The van der Waals surface area contributed by atoms with Gasteiger partial charge in [-0.05, 0) is 24.3 Å². The number of carbonyl (C=O) groups excluding carboxylic acids is 5. The summed E-state index contributed by atoms with van der Waals surface area (Å²) in [7, 11) is 0. The molecule has 0 aliphatic rings. The van der Waals surface area contributed by atoms with E-state index in [2.05, 4.69) is 9.97 Å². The van der Waals surface area contributed by atoms with Crippen molar-refractivity contribution in [3.8, 4) is 0 Å². The van der Waals surface area contributed by atoms with Crippen LogP contribution in [-0.4, -0.2) is 70.8 Å². The molecule has 0 aliphatic carbocycles. The van der Waals surface area contributed by atoms with Crippen molar-refractivity contribution in [3.05, 3.63) is 48.0 Å². The maximum Gasteiger partial charge on any atom is 0.303 e. The number of carbonyl (C=O) groups is 5. The van der Waals surface area contributed by atoms with Crippen LogP contribution in [0.1, 0.15) is 51.9 Å². The molecule has 0 spiro atoms. The summed E-state index contributed by atoms with van der Waals surface area (Å²) in [6.07, 6.45) is -2.39. The molecule has 4 atom stereocenters. The molecule has 2 N–H and O–H groups in total. The lowest BCUT2D eigenvalue weighted by atomic mass is 9.87. The van der Waals surface area contributed by atoms with E-state index < -0.39 is 66.8 Å². The second-order valence-corrected chi connectivity index (χ2v) is 7.90. The number of aromatic nitrogens is 2. The van der Waals surface area contributed by atoms with Gasteiger partial charge >= 0.3 is 29.8 Å². The van der Waals surface area contributed by atoms with Gasteiger partial charge in [-0.15, -0.1) is 0 Å². The molecule has 2 rings (SSSR count). The Hall–Kier alpha value is -4.09. The Balaban J connectivity index is 2.70. The monoisotopic (exact) mass is 506 g/mol. The largest absolute Gasteiger partial charge is 0.462 e. The zero-order chi connectivity index (χ0) is 26.8. The highest BCUT2D eigenvalue weighted by atomic mass is 16.6. The highest BCUT2D eigenvalue weighted by Gasteiger charge is 2.48. The minimum absolute atomic E-state index is 0.521. The molecule has 0 saturated carbocycles. The number of hydrogen-bond acceptors (Lipinski definition) is 10. The summed E-state index contributed by atoms with van der Waals surface area (Å²) in [6.45, 7) is 5.12. The number of esters is 5. The lowest BCUT2D eigenvalue weighted by Crippen LogP contribution is -2.54. The fourth-order valence-electron chi connectivity index (χ4n) is 3.78. The summed E-state index contributed by atoms with van der Waals surface area (Å²) in [5.74, 6) is -4.56. The molecule has 0 aliphatic heterocycles. The second-order valence-electron chi connectivity index (χ2n) is 7.90. The standard InChI is InChI=1S/C24H30N2O10/c1-13(27)32-12-20(33-14(2)28)22(34-15(3)29)24(36-17(5)31)23(35-16(4)30)21(18-8-6-10-25-18)19-9-7-11-26-19/h6-11,20-26H,12H2,1-5H3/t20-,22-,23+,24+/m1/s1. The maximum atomic E-state index is 12.2. The van der Waals surface area contributed by atoms with Crippen LogP contribution in [0.2, 0.25) is 0 Å². The van der Waals surface area contributed by atoms with Crippen LogP contribution >= 0.6 is 0 Å². The topological polar surface area (TPSA) is 163 Å². The van der Waals surface area contributed by atoms with E-state index in [1.807, 2.05) is 0 Å². The molecule has 0 fully saturated rings. The van der Waals surface area contributed by atoms with Crippen LogP contribution < -0.4 is 0 Å². The predicted octanol–water partition coefficient (Wildman–Crippen LogP) is 1.76. The normalized spacial score (nSPS) is 14.2. The van der Waals surface area contributed by atoms with Gasteiger partial charge in [0.2, 0.25) is 0 Å². The van der Waals surface area contributed by atoms with Crippen molar-refractivity contribution in [2.75, 3.05) is 6.61 Å². The molecule has 196 valence electrons. The Labute approximate surface area is 207 Å². The Bertz CT molecular complexity index is 997. The average molecular weight is 507 g/mol. The van der Waals surface area contributed by atoms with Gasteiger partial charge in [-0.25, -0.2) is 0 Å². The average Bonchev–Trinajstić information content (AvgIpc) is 3.47. The molecule has 2 aromatic rings. The first kappa shape index (κ1) is 28.1. The number of aromatic amines is 2. The van der Waals surface area contributed by atoms with Gasteiger partial charge < -0.3 is 33.7 Å². The molecular formula is C24H30N2O10. The fourth-order valence-corrected chi connectivity index (χ4v) is 3.78. The van der Waals surface area contributed by atoms with Crippen molar-refractivity contribution in [1.29, 1.82) is 0 Å². The molecule has 0 aromatic carbocycles. The van der Waals surface area contributed by atoms with Crippen molar-refractivity contribution in [3.63, 3.8) is 0 Å². The van der Waals surface area contributed by atoms with E-state index in [-0.39, 0.29) is 0 Å². The summed E-state index contributed by atoms with van der Waals surface area (Å²) >= 11 is 0. The molecule has 0 saturated heterocycles. The Morgan fingerprint density at radius 2 is 1.08 bits per heavy atom. The fraction of sp³-hybridized carbons (Fsp3) is 0.458. The lowest BCUT2D eigenvalue weighted by Gasteiger charge is -2.38. The lowest BCUT2D eigenvalue weighted by molar-refractivity contribution is -0.203. The molecule has 0 amide bonds. The van der Waals surface area contributed by atoms with Crippen molar-refractivity contribution >= 4 is 29.8 Å². The zero-order valence-corrected chi connectivity index (χ0v) is 20.6. The molecule has 0 bridgehead atoms. The van der Waals surface area contributed by atoms with E-state index in [0.717, 1.165) is 27.7 Å². The molecule has 12 nitrogen and oxygen atoms in total. The van der Waals surface area contributed by atoms with Gasteiger partial charge in [0.15, 0.2) is 24.4 Å². The molecular weight excluding hydrogens is 476 g/mol. The van der Waals surface area contributed by atoms with Crippen LogP contribution in [0, 0.1) is 0 Å². The number of H-pyrrole nitrogens is 2. The van der Waals surface area contributed by atoms with Gasteiger partial charge in [-0.2, -0.15) is 0 Å². The van der Waals surface area contributed by atoms with Gasteiger partial charge in [0.05, 0.1) is 5.92 Å². The first-order valence-corrected chi connectivity index (χ1v) is 11.1. The van der Waals surface area contributed by atoms with Gasteiger partial charge in [0.1, 0.15) is 6.61 Å². The number of ether oxygens (including phenoxy) is 5. The SMILES string of the molecule is CC(=O)OC[C@@H](OC(C)=O)[C@@H](OC(C)=O)[C@H](OC(C)=O)[C@@H](OC(C)=O)C(c1ccc[nH]1)c1ccc[nH]1. The number of nitrogens with one attached hydrogen (secondary N) is 2. The summed E-state index contributed by atoms with van der Waals surface area (Å²) in [5, 5.41) is 0. The van der Waals surface area contributed by atoms with Crippen molar-refractivity contribution in [2.45, 2.75) is 65.0 Å². The summed E-state index contributed by atoms with van der Waals surface area (Å²) in [4.78, 5) is 66.1. The van der Waals surface area contributed by atoms with Crippen LogP contribution in [0.25, 0.3) is 0 Å². The van der Waals surface area contributed by atoms with E-state index >= 15 is 0 Å². The van der Waals surface area contributed by atoms with Crippen molar-refractivity contribution in [2.24, 2.45) is 0 Å². The molecule has 36 heavy (non-hydrogen) atoms. The highest BCUT2D eigenvalue weighted by molar-refractivity contribution is 5.69. The van der Waals surface area contributed by atoms with Gasteiger partial charge in [0, 0.05) is 58.4 Å². The Morgan fingerprint density at radius 1 is 0.639 bits per heavy atom. The van der Waals surface area contributed by atoms with Gasteiger partial charge in [-0.1, -0.05) is 0 Å². The summed E-state index contributed by atoms with van der Waals surface area (Å²) in [5.41, 5.74) is 1.15. The maximum absolute atomic E-state index is 12.2. The van der Waals surface area contributed by atoms with E-state index in [4.69, 9.17) is 23.7 Å². The van der Waals surface area contributed by atoms with E-state index in [1.165, 1.54) is 6.92 Å². The van der Waals surface area contributed by atoms with Crippen LogP contribution in [0.15, 0.2) is 36.7 Å². The number of rotatable bonds is 12. The summed E-state index contributed by atoms with van der Waals surface area (Å²) in [6, 6.07) is 6.91. The zero-order valence-electron chi connectivity index (χ0n) is 20.6. The Morgan fingerprint density at radius 3 is 1.47 bits per heavy atom. The molecule has 2 heterocycles. The Kier molecular flexibility index (Phi) is 10.3. The quantitative estimate of drug-likeness (QED) is 0.320. The van der Waals surface area contributed by atoms with Crippen LogP contribution in [0.4, 0.5) is 0 Å². The highest BCUT2D eigenvalue weighted by Crippen LogP contribution is 2.34. The third-order valence-electron chi connectivity index (χ3n) is 4.93. The van der Waals surface area contributed by atoms with Gasteiger partial charge in [-0.3, -0.25) is 24.0 Å². The van der Waals surface area contributed by atoms with Gasteiger partial charge in [0.25, 0.3) is 0 Å². The van der Waals surface area contributed by atoms with Crippen LogP contribution in [0.3, 0.4) is 0 Å². The minimum atomic E-state index is -1.52. The minimum Gasteiger partial charge on any atom is -0.462 e. The number of hydrogen-bond donors (Lipinski definition) is 2. The third kappa shape index (κ3) is 8.29. The predicted molar refractivity (Wildman–Crippen MR) is 122 cm³/mol. The molecule has 0 unspecified atom stereocenters. The van der Waals surface area contributed by atoms with Crippen molar-refractivity contribution < 1.29 is 47.7 Å². The second kappa shape index (κ2) is 13.1. The van der Waals surface area contributed by atoms with Crippen LogP contribution in [0.5, 0.6) is 0 Å². The van der Waals surface area contributed by atoms with Crippen molar-refractivity contribution in [1.82, 2.24) is 9.97 Å². The van der Waals surface area contributed by atoms with E-state index in [9.17, 15) is 24.0 Å². The molecule has 0 radical (unpaired) electrons. The van der Waals surface area contributed by atoms with Crippen LogP contribution in [-0.2, 0) is 47.7 Å².